The Labute approximate surface area is 201 Å². The number of nitrogen functional groups attached to an aromatic ring is 1. The molecule has 11 heteroatoms. The van der Waals surface area contributed by atoms with Gasteiger partial charge in [0, 0.05) is 89.2 Å². The summed E-state index contributed by atoms with van der Waals surface area (Å²) < 4.78 is 56.9. The van der Waals surface area contributed by atoms with Crippen molar-refractivity contribution < 1.29 is 22.4 Å². The number of benzene rings is 1. The van der Waals surface area contributed by atoms with Crippen LogP contribution in [0.5, 0.6) is 0 Å². The van der Waals surface area contributed by atoms with Gasteiger partial charge in [0.15, 0.2) is 17.3 Å². The van der Waals surface area contributed by atoms with Crippen LogP contribution in [-0.4, -0.2) is 71.1 Å². The fourth-order valence-electron chi connectivity index (χ4n) is 4.96. The molecule has 1 aromatic carbocycles. The maximum atomic E-state index is 15.6. The van der Waals surface area contributed by atoms with Crippen LogP contribution in [-0.2, 0) is 11.3 Å². The van der Waals surface area contributed by atoms with E-state index in [9.17, 15) is 18.0 Å². The van der Waals surface area contributed by atoms with Crippen molar-refractivity contribution >= 4 is 17.5 Å². The van der Waals surface area contributed by atoms with Crippen LogP contribution in [0.1, 0.15) is 31.2 Å². The van der Waals surface area contributed by atoms with E-state index in [2.05, 4.69) is 14.9 Å². The van der Waals surface area contributed by atoms with E-state index in [0.717, 1.165) is 5.56 Å². The van der Waals surface area contributed by atoms with Crippen LogP contribution in [0.25, 0.3) is 0 Å². The van der Waals surface area contributed by atoms with Gasteiger partial charge in [-0.05, 0) is 18.8 Å². The number of carbonyl (C=O) groups excluding carboxylic acids is 1. The monoisotopic (exact) mass is 494 g/mol. The second-order valence-electron chi connectivity index (χ2n) is 9.53. The van der Waals surface area contributed by atoms with Crippen molar-refractivity contribution in [2.45, 2.75) is 37.9 Å². The fourth-order valence-corrected chi connectivity index (χ4v) is 4.96. The van der Waals surface area contributed by atoms with E-state index >= 15 is 4.39 Å². The first-order valence-electron chi connectivity index (χ1n) is 11.8. The molecule has 0 radical (unpaired) electrons. The van der Waals surface area contributed by atoms with E-state index in [4.69, 9.17) is 5.73 Å². The van der Waals surface area contributed by atoms with Gasteiger partial charge in [-0.1, -0.05) is 0 Å². The zero-order chi connectivity index (χ0) is 25.2. The highest BCUT2D eigenvalue weighted by molar-refractivity contribution is 5.85. The Morgan fingerprint density at radius 3 is 2.23 bits per heavy atom. The molecule has 0 spiro atoms. The number of nitrogens with two attached hydrogens (primary N) is 1. The SMILES string of the molecule is CN(CC1CCN(C(=O)C2(F)CCN(Cc3cnc(N)nc3)CC2)CC1)c1c(F)cc(F)cc1F. The topological polar surface area (TPSA) is 78.6 Å². The number of carbonyl (C=O) groups is 1. The second kappa shape index (κ2) is 10.3. The molecule has 0 unspecified atom stereocenters. The summed E-state index contributed by atoms with van der Waals surface area (Å²) >= 11 is 0. The lowest BCUT2D eigenvalue weighted by atomic mass is 9.89. The lowest BCUT2D eigenvalue weighted by molar-refractivity contribution is -0.149. The third-order valence-electron chi connectivity index (χ3n) is 6.96. The zero-order valence-electron chi connectivity index (χ0n) is 19.7. The molecular formula is C24H30F4N6O. The van der Waals surface area contributed by atoms with Gasteiger partial charge in [-0.3, -0.25) is 9.69 Å². The van der Waals surface area contributed by atoms with E-state index in [1.54, 1.807) is 24.3 Å². The van der Waals surface area contributed by atoms with Crippen molar-refractivity contribution in [3.8, 4) is 0 Å². The number of halogens is 4. The van der Waals surface area contributed by atoms with Crippen LogP contribution in [0.2, 0.25) is 0 Å². The summed E-state index contributed by atoms with van der Waals surface area (Å²) in [6, 6.07) is 1.32. The maximum absolute atomic E-state index is 15.6. The van der Waals surface area contributed by atoms with Crippen molar-refractivity contribution in [1.82, 2.24) is 19.8 Å². The first-order valence-corrected chi connectivity index (χ1v) is 11.8. The number of piperidine rings is 2. The Morgan fingerprint density at radius 2 is 1.66 bits per heavy atom. The summed E-state index contributed by atoms with van der Waals surface area (Å²) in [4.78, 5) is 26.0. The largest absolute Gasteiger partial charge is 0.370 e. The van der Waals surface area contributed by atoms with Crippen molar-refractivity contribution in [3.05, 3.63) is 47.5 Å². The summed E-state index contributed by atoms with van der Waals surface area (Å²) in [6.07, 6.45) is 4.72. The Kier molecular flexibility index (Phi) is 7.44. The normalized spacial score (nSPS) is 19.1. The van der Waals surface area contributed by atoms with Crippen molar-refractivity contribution in [2.75, 3.05) is 50.4 Å². The molecule has 2 fully saturated rings. The molecule has 2 aliphatic heterocycles. The van der Waals surface area contributed by atoms with Gasteiger partial charge in [-0.25, -0.2) is 27.5 Å². The van der Waals surface area contributed by atoms with E-state index in [1.807, 2.05) is 0 Å². The van der Waals surface area contributed by atoms with Crippen LogP contribution in [0, 0.1) is 23.4 Å². The van der Waals surface area contributed by atoms with Gasteiger partial charge in [0.1, 0.15) is 11.5 Å². The molecular weight excluding hydrogens is 464 g/mol. The number of nitrogens with zero attached hydrogens (tertiary/aromatic N) is 5. The number of alkyl halides is 1. The molecule has 1 aromatic heterocycles. The molecule has 1 amide bonds. The molecule has 190 valence electrons. The Hall–Kier alpha value is -2.95. The summed E-state index contributed by atoms with van der Waals surface area (Å²) in [6.45, 7) is 2.60. The molecule has 7 nitrogen and oxygen atoms in total. The number of anilines is 2. The smallest absolute Gasteiger partial charge is 0.260 e. The number of rotatable bonds is 6. The van der Waals surface area contributed by atoms with Gasteiger partial charge < -0.3 is 15.5 Å². The summed E-state index contributed by atoms with van der Waals surface area (Å²) in [5.74, 6) is -3.07. The zero-order valence-corrected chi connectivity index (χ0v) is 19.7. The van der Waals surface area contributed by atoms with E-state index in [0.29, 0.717) is 64.2 Å². The minimum absolute atomic E-state index is 0.0763. The van der Waals surface area contributed by atoms with Gasteiger partial charge in [0.2, 0.25) is 5.95 Å². The van der Waals surface area contributed by atoms with E-state index in [1.165, 1.54) is 4.90 Å². The van der Waals surface area contributed by atoms with E-state index < -0.39 is 29.0 Å². The lowest BCUT2D eigenvalue weighted by Gasteiger charge is -2.41. The molecule has 3 heterocycles. The van der Waals surface area contributed by atoms with Crippen molar-refractivity contribution in [2.24, 2.45) is 5.92 Å². The highest BCUT2D eigenvalue weighted by Gasteiger charge is 2.44. The van der Waals surface area contributed by atoms with Crippen LogP contribution >= 0.6 is 0 Å². The number of likely N-dealkylation sites (tertiary alicyclic amines) is 2. The number of amides is 1. The standard InChI is InChI=1S/C24H30F4N6O/c1-32(21-19(26)10-18(25)11-20(21)27)14-16-2-6-34(7-3-16)22(35)24(28)4-8-33(9-5-24)15-17-12-30-23(29)31-13-17/h10-13,16H,2-9,14-15H2,1H3,(H2,29,30,31). The summed E-state index contributed by atoms with van der Waals surface area (Å²) in [5.41, 5.74) is 4.22. The minimum atomic E-state index is -1.89. The molecule has 0 atom stereocenters. The van der Waals surface area contributed by atoms with Crippen LogP contribution < -0.4 is 10.6 Å². The third-order valence-corrected chi connectivity index (χ3v) is 6.96. The average molecular weight is 495 g/mol. The highest BCUT2D eigenvalue weighted by Crippen LogP contribution is 2.32. The summed E-state index contributed by atoms with van der Waals surface area (Å²) in [5, 5.41) is 0. The number of hydrogen-bond donors (Lipinski definition) is 1. The highest BCUT2D eigenvalue weighted by atomic mass is 19.2. The predicted molar refractivity (Wildman–Crippen MR) is 124 cm³/mol. The molecule has 2 aromatic rings. The van der Waals surface area contributed by atoms with Crippen LogP contribution in [0.4, 0.5) is 29.2 Å². The van der Waals surface area contributed by atoms with Gasteiger partial charge in [-0.2, -0.15) is 0 Å². The predicted octanol–water partition coefficient (Wildman–Crippen LogP) is 3.16. The first kappa shape index (κ1) is 25.2. The minimum Gasteiger partial charge on any atom is -0.370 e. The fraction of sp³-hybridized carbons (Fsp3) is 0.542. The third kappa shape index (κ3) is 5.83. The van der Waals surface area contributed by atoms with Crippen LogP contribution in [0.15, 0.2) is 24.5 Å². The molecule has 0 bridgehead atoms. The van der Waals surface area contributed by atoms with Crippen molar-refractivity contribution in [3.63, 3.8) is 0 Å². The molecule has 0 aliphatic carbocycles. The average Bonchev–Trinajstić information content (AvgIpc) is 2.81. The van der Waals surface area contributed by atoms with Gasteiger partial charge in [0.25, 0.3) is 5.91 Å². The van der Waals surface area contributed by atoms with Crippen LogP contribution in [0.3, 0.4) is 0 Å². The second-order valence-corrected chi connectivity index (χ2v) is 9.53. The molecule has 4 rings (SSSR count). The Morgan fingerprint density at radius 1 is 1.09 bits per heavy atom. The Balaban J connectivity index is 1.26. The first-order chi connectivity index (χ1) is 16.6. The van der Waals surface area contributed by atoms with E-state index in [-0.39, 0.29) is 30.4 Å². The van der Waals surface area contributed by atoms with Gasteiger partial charge in [0.05, 0.1) is 0 Å². The lowest BCUT2D eigenvalue weighted by Crippen LogP contribution is -2.54. The Bertz CT molecular complexity index is 1010. The summed E-state index contributed by atoms with van der Waals surface area (Å²) in [7, 11) is 1.55. The maximum Gasteiger partial charge on any atom is 0.260 e. The molecule has 2 N–H and O–H groups in total. The van der Waals surface area contributed by atoms with Gasteiger partial charge >= 0.3 is 0 Å². The molecule has 2 aliphatic rings. The van der Waals surface area contributed by atoms with Crippen molar-refractivity contribution in [1.29, 1.82) is 0 Å². The molecule has 2 saturated heterocycles. The molecule has 0 saturated carbocycles. The quantitative estimate of drug-likeness (QED) is 0.622. The van der Waals surface area contributed by atoms with Gasteiger partial charge in [-0.15, -0.1) is 0 Å². The number of hydrogen-bond acceptors (Lipinski definition) is 6. The molecule has 35 heavy (non-hydrogen) atoms. The number of aromatic nitrogens is 2.